The molecule has 1 fully saturated rings. The second-order valence-corrected chi connectivity index (χ2v) is 7.52. The number of nitrogens with zero attached hydrogens (tertiary/aromatic N) is 1. The summed E-state index contributed by atoms with van der Waals surface area (Å²) in [5.74, 6) is 0.200. The van der Waals surface area contributed by atoms with E-state index >= 15 is 0 Å². The Morgan fingerprint density at radius 1 is 0.880 bits per heavy atom. The first-order valence-electron chi connectivity index (χ1n) is 9.35. The number of aliphatic hydroxyl groups excluding tert-OH is 1. The number of benzene rings is 2. The number of likely N-dealkylation sites (N-methyl/N-ethyl adjacent to an activating group) is 1. The topological polar surface area (TPSA) is 29.5 Å². The molecule has 2 aromatic rings. The molecule has 0 spiro atoms. The number of ether oxygens (including phenoxy) is 1. The number of hydrogen-bond acceptors (Lipinski definition) is 2. The molecule has 1 atom stereocenters. The summed E-state index contributed by atoms with van der Waals surface area (Å²) in [5.41, 5.74) is 2.50. The van der Waals surface area contributed by atoms with Crippen molar-refractivity contribution in [2.75, 3.05) is 39.9 Å². The zero-order chi connectivity index (χ0) is 17.5. The molecule has 0 saturated carbocycles. The van der Waals surface area contributed by atoms with Crippen LogP contribution in [-0.4, -0.2) is 55.6 Å². The van der Waals surface area contributed by atoms with E-state index in [-0.39, 0.29) is 5.92 Å². The Labute approximate surface area is 151 Å². The minimum absolute atomic E-state index is 0.200. The second-order valence-electron chi connectivity index (χ2n) is 7.52. The largest absolute Gasteiger partial charge is 0.385 e. The fraction of sp³-hybridized carbons (Fsp3) is 0.455. The molecule has 0 radical (unpaired) electrons. The summed E-state index contributed by atoms with van der Waals surface area (Å²) in [7, 11) is 2.24. The first kappa shape index (κ1) is 18.1. The maximum Gasteiger partial charge on any atom is 0.126 e. The third-order valence-electron chi connectivity index (χ3n) is 5.30. The fourth-order valence-electron chi connectivity index (χ4n) is 3.92. The van der Waals surface area contributed by atoms with Gasteiger partial charge in [0.1, 0.15) is 12.6 Å². The van der Waals surface area contributed by atoms with Crippen molar-refractivity contribution in [3.05, 3.63) is 71.8 Å². The second kappa shape index (κ2) is 8.61. The van der Waals surface area contributed by atoms with Gasteiger partial charge in [-0.05, 0) is 11.1 Å². The van der Waals surface area contributed by atoms with Gasteiger partial charge in [0.05, 0.1) is 33.4 Å². The molecule has 0 bridgehead atoms. The molecular formula is C22H30NO2+. The fourth-order valence-corrected chi connectivity index (χ4v) is 3.92. The van der Waals surface area contributed by atoms with Crippen LogP contribution in [0, 0.1) is 0 Å². The Kier molecular flexibility index (Phi) is 6.24. The van der Waals surface area contributed by atoms with Crippen molar-refractivity contribution in [1.82, 2.24) is 0 Å². The highest BCUT2D eigenvalue weighted by atomic mass is 16.5. The van der Waals surface area contributed by atoms with Gasteiger partial charge in [0.25, 0.3) is 0 Å². The van der Waals surface area contributed by atoms with E-state index in [0.29, 0.717) is 13.2 Å². The maximum absolute atomic E-state index is 10.4. The van der Waals surface area contributed by atoms with Crippen molar-refractivity contribution in [2.24, 2.45) is 0 Å². The first-order valence-corrected chi connectivity index (χ1v) is 9.35. The van der Waals surface area contributed by atoms with Crippen molar-refractivity contribution in [1.29, 1.82) is 0 Å². The molecule has 0 aliphatic carbocycles. The monoisotopic (exact) mass is 340 g/mol. The van der Waals surface area contributed by atoms with E-state index in [0.717, 1.165) is 11.0 Å². The SMILES string of the molecule is C[N+]1(C[C@@H](O)COCC(c2ccccc2)c2ccccc2)CCCC1. The molecule has 1 aliphatic rings. The number of likely N-dealkylation sites (tertiary alicyclic amines) is 1. The van der Waals surface area contributed by atoms with E-state index in [1.54, 1.807) is 0 Å². The highest BCUT2D eigenvalue weighted by Crippen LogP contribution is 2.25. The van der Waals surface area contributed by atoms with Crippen LogP contribution in [0.15, 0.2) is 60.7 Å². The molecule has 1 aliphatic heterocycles. The quantitative estimate of drug-likeness (QED) is 0.746. The number of hydrogen-bond donors (Lipinski definition) is 1. The predicted octanol–water partition coefficient (Wildman–Crippen LogP) is 3.44. The van der Waals surface area contributed by atoms with E-state index in [1.165, 1.54) is 37.1 Å². The zero-order valence-corrected chi connectivity index (χ0v) is 15.2. The van der Waals surface area contributed by atoms with Crippen LogP contribution in [0.1, 0.15) is 29.9 Å². The van der Waals surface area contributed by atoms with E-state index in [2.05, 4.69) is 55.6 Å². The van der Waals surface area contributed by atoms with Crippen LogP contribution in [0.4, 0.5) is 0 Å². The molecule has 3 rings (SSSR count). The highest BCUT2D eigenvalue weighted by Gasteiger charge is 2.29. The summed E-state index contributed by atoms with van der Waals surface area (Å²) in [5, 5.41) is 10.4. The van der Waals surface area contributed by atoms with E-state index < -0.39 is 6.10 Å². The van der Waals surface area contributed by atoms with Gasteiger partial charge < -0.3 is 14.3 Å². The minimum atomic E-state index is -0.393. The van der Waals surface area contributed by atoms with Crippen LogP contribution in [0.25, 0.3) is 0 Å². The Morgan fingerprint density at radius 3 is 1.92 bits per heavy atom. The van der Waals surface area contributed by atoms with E-state index in [1.807, 2.05) is 12.1 Å². The third kappa shape index (κ3) is 5.15. The van der Waals surface area contributed by atoms with Gasteiger partial charge in [-0.3, -0.25) is 0 Å². The Bertz CT molecular complexity index is 583. The normalized spacial score (nSPS) is 17.7. The molecule has 1 N–H and O–H groups in total. The van der Waals surface area contributed by atoms with Crippen LogP contribution in [-0.2, 0) is 4.74 Å². The lowest BCUT2D eigenvalue weighted by atomic mass is 9.92. The highest BCUT2D eigenvalue weighted by molar-refractivity contribution is 5.32. The summed E-state index contributed by atoms with van der Waals surface area (Å²) >= 11 is 0. The molecular weight excluding hydrogens is 310 g/mol. The lowest BCUT2D eigenvalue weighted by molar-refractivity contribution is -0.900. The van der Waals surface area contributed by atoms with Crippen LogP contribution >= 0.6 is 0 Å². The number of aliphatic hydroxyl groups is 1. The number of rotatable bonds is 8. The van der Waals surface area contributed by atoms with Gasteiger partial charge in [0.2, 0.25) is 0 Å². The maximum atomic E-state index is 10.4. The zero-order valence-electron chi connectivity index (χ0n) is 15.2. The Balaban J connectivity index is 1.58. The van der Waals surface area contributed by atoms with Crippen molar-refractivity contribution in [3.63, 3.8) is 0 Å². The summed E-state index contributed by atoms with van der Waals surface area (Å²) in [6.45, 7) is 4.14. The Hall–Kier alpha value is -1.68. The van der Waals surface area contributed by atoms with Gasteiger partial charge in [-0.1, -0.05) is 60.7 Å². The third-order valence-corrected chi connectivity index (χ3v) is 5.30. The smallest absolute Gasteiger partial charge is 0.126 e. The molecule has 0 amide bonds. The van der Waals surface area contributed by atoms with Gasteiger partial charge in [-0.25, -0.2) is 0 Å². The molecule has 1 saturated heterocycles. The van der Waals surface area contributed by atoms with Crippen LogP contribution in [0.2, 0.25) is 0 Å². The summed E-state index contributed by atoms with van der Waals surface area (Å²) < 4.78 is 6.94. The first-order chi connectivity index (χ1) is 12.2. The van der Waals surface area contributed by atoms with Crippen LogP contribution in [0.3, 0.4) is 0 Å². The van der Waals surface area contributed by atoms with Crippen LogP contribution in [0.5, 0.6) is 0 Å². The summed E-state index contributed by atoms with van der Waals surface area (Å²) in [6.07, 6.45) is 2.15. The van der Waals surface area contributed by atoms with Gasteiger partial charge >= 0.3 is 0 Å². The van der Waals surface area contributed by atoms with Crippen molar-refractivity contribution >= 4 is 0 Å². The standard InChI is InChI=1S/C22H30NO2/c1-23(14-8-9-15-23)16-21(24)17-25-18-22(19-10-4-2-5-11-19)20-12-6-3-7-13-20/h2-7,10-13,21-22,24H,8-9,14-18H2,1H3/q+1/t21-/m1/s1. The van der Waals surface area contributed by atoms with E-state index in [9.17, 15) is 5.11 Å². The lowest BCUT2D eigenvalue weighted by Crippen LogP contribution is -2.47. The Morgan fingerprint density at radius 2 is 1.40 bits per heavy atom. The van der Waals surface area contributed by atoms with E-state index in [4.69, 9.17) is 4.74 Å². The van der Waals surface area contributed by atoms with Crippen molar-refractivity contribution in [2.45, 2.75) is 24.9 Å². The molecule has 25 heavy (non-hydrogen) atoms. The average Bonchev–Trinajstić information content (AvgIpc) is 3.06. The van der Waals surface area contributed by atoms with Gasteiger partial charge in [-0.15, -0.1) is 0 Å². The average molecular weight is 340 g/mol. The molecule has 134 valence electrons. The summed E-state index contributed by atoms with van der Waals surface area (Å²) in [4.78, 5) is 0. The molecule has 2 aromatic carbocycles. The van der Waals surface area contributed by atoms with Gasteiger partial charge in [0, 0.05) is 18.8 Å². The van der Waals surface area contributed by atoms with Crippen LogP contribution < -0.4 is 0 Å². The van der Waals surface area contributed by atoms with Crippen molar-refractivity contribution < 1.29 is 14.3 Å². The predicted molar refractivity (Wildman–Crippen MR) is 102 cm³/mol. The molecule has 0 aromatic heterocycles. The molecule has 1 heterocycles. The minimum Gasteiger partial charge on any atom is -0.385 e. The summed E-state index contributed by atoms with van der Waals surface area (Å²) in [6, 6.07) is 20.9. The molecule has 3 nitrogen and oxygen atoms in total. The van der Waals surface area contributed by atoms with Gasteiger partial charge in [0.15, 0.2) is 0 Å². The lowest BCUT2D eigenvalue weighted by Gasteiger charge is -2.31. The number of quaternary nitrogens is 1. The van der Waals surface area contributed by atoms with Crippen molar-refractivity contribution in [3.8, 4) is 0 Å². The molecule has 0 unspecified atom stereocenters. The van der Waals surface area contributed by atoms with Gasteiger partial charge in [-0.2, -0.15) is 0 Å². The molecule has 3 heteroatoms.